The van der Waals surface area contributed by atoms with Crippen LogP contribution in [0.5, 0.6) is 0 Å². The molecule has 0 saturated carbocycles. The summed E-state index contributed by atoms with van der Waals surface area (Å²) in [7, 11) is -0.397. The van der Waals surface area contributed by atoms with E-state index in [-0.39, 0.29) is 12.4 Å². The third kappa shape index (κ3) is 10.8. The highest BCUT2D eigenvalue weighted by atomic mass is 35.5. The SMILES string of the molecule is CC[P+](C)(C)C.[Cl-]. The fourth-order valence-electron chi connectivity index (χ4n) is 0. The maximum Gasteiger partial charge on any atom is 0.0558 e. The van der Waals surface area contributed by atoms with Gasteiger partial charge in [0.1, 0.15) is 0 Å². The van der Waals surface area contributed by atoms with E-state index >= 15 is 0 Å². The Balaban J connectivity index is 0. The van der Waals surface area contributed by atoms with E-state index in [0.717, 1.165) is 0 Å². The molecule has 0 aliphatic rings. The van der Waals surface area contributed by atoms with Gasteiger partial charge >= 0.3 is 0 Å². The molecule has 46 valence electrons. The smallest absolute Gasteiger partial charge is 0.0558 e. The second-order valence-corrected chi connectivity index (χ2v) is 7.82. The molecule has 0 heterocycles. The van der Waals surface area contributed by atoms with E-state index < -0.39 is 7.26 Å². The molecule has 0 nitrogen and oxygen atoms in total. The van der Waals surface area contributed by atoms with Crippen molar-refractivity contribution in [3.63, 3.8) is 0 Å². The zero-order valence-corrected chi connectivity index (χ0v) is 7.18. The zero-order valence-electron chi connectivity index (χ0n) is 5.53. The summed E-state index contributed by atoms with van der Waals surface area (Å²) >= 11 is 0. The van der Waals surface area contributed by atoms with Gasteiger partial charge in [0.05, 0.1) is 6.16 Å². The van der Waals surface area contributed by atoms with E-state index in [1.807, 2.05) is 0 Å². The molecule has 0 rings (SSSR count). The van der Waals surface area contributed by atoms with E-state index in [9.17, 15) is 0 Å². The van der Waals surface area contributed by atoms with Gasteiger partial charge in [-0.05, 0) is 6.92 Å². The number of hydrogen-bond acceptors (Lipinski definition) is 0. The van der Waals surface area contributed by atoms with Crippen LogP contribution in [0.2, 0.25) is 0 Å². The van der Waals surface area contributed by atoms with Gasteiger partial charge in [0.2, 0.25) is 0 Å². The quantitative estimate of drug-likeness (QED) is 0.407. The molecule has 0 N–H and O–H groups in total. The van der Waals surface area contributed by atoms with Crippen LogP contribution in [0.3, 0.4) is 0 Å². The molecule has 2 heteroatoms. The Morgan fingerprint density at radius 3 is 1.29 bits per heavy atom. The monoisotopic (exact) mass is 140 g/mol. The average Bonchev–Trinajstić information content (AvgIpc) is 1.35. The Kier molecular flexibility index (Phi) is 5.62. The van der Waals surface area contributed by atoms with Crippen molar-refractivity contribution in [3.05, 3.63) is 0 Å². The molecule has 7 heavy (non-hydrogen) atoms. The van der Waals surface area contributed by atoms with Crippen molar-refractivity contribution in [2.75, 3.05) is 26.2 Å². The first kappa shape index (κ1) is 10.7. The predicted molar refractivity (Wildman–Crippen MR) is 35.2 cm³/mol. The van der Waals surface area contributed by atoms with Gasteiger partial charge in [-0.3, -0.25) is 0 Å². The normalized spacial score (nSPS) is 10.3. The van der Waals surface area contributed by atoms with Crippen LogP contribution in [0.1, 0.15) is 6.92 Å². The van der Waals surface area contributed by atoms with Crippen LogP contribution in [0.4, 0.5) is 0 Å². The highest BCUT2D eigenvalue weighted by Crippen LogP contribution is 2.45. The van der Waals surface area contributed by atoms with Crippen molar-refractivity contribution in [1.82, 2.24) is 0 Å². The van der Waals surface area contributed by atoms with Gasteiger partial charge in [0.15, 0.2) is 0 Å². The standard InChI is InChI=1S/C5H14P.ClH/c1-5-6(2,3)4;/h5H2,1-4H3;1H/q+1;/p-1. The molecule has 0 unspecified atom stereocenters. The van der Waals surface area contributed by atoms with Gasteiger partial charge in [-0.2, -0.15) is 0 Å². The molecule has 0 aliphatic heterocycles. The van der Waals surface area contributed by atoms with Crippen molar-refractivity contribution in [2.45, 2.75) is 6.92 Å². The lowest BCUT2D eigenvalue weighted by Gasteiger charge is -2.05. The molecule has 0 spiro atoms. The topological polar surface area (TPSA) is 0 Å². The van der Waals surface area contributed by atoms with Crippen LogP contribution in [0, 0.1) is 0 Å². The number of halogens is 1. The van der Waals surface area contributed by atoms with E-state index in [2.05, 4.69) is 26.9 Å². The van der Waals surface area contributed by atoms with Crippen LogP contribution in [-0.2, 0) is 0 Å². The van der Waals surface area contributed by atoms with Gasteiger partial charge in [-0.15, -0.1) is 0 Å². The highest BCUT2D eigenvalue weighted by Gasteiger charge is 2.10. The van der Waals surface area contributed by atoms with Crippen LogP contribution >= 0.6 is 7.26 Å². The number of hydrogen-bond donors (Lipinski definition) is 0. The average molecular weight is 141 g/mol. The minimum absolute atomic E-state index is 0. The second kappa shape index (κ2) is 3.69. The lowest BCUT2D eigenvalue weighted by Crippen LogP contribution is -3.00. The van der Waals surface area contributed by atoms with Gasteiger partial charge < -0.3 is 12.4 Å². The van der Waals surface area contributed by atoms with Crippen LogP contribution < -0.4 is 12.4 Å². The lowest BCUT2D eigenvalue weighted by atomic mass is 11.0. The molecule has 0 amide bonds. The molecule has 0 radical (unpaired) electrons. The summed E-state index contributed by atoms with van der Waals surface area (Å²) in [5.74, 6) is 0. The fraction of sp³-hybridized carbons (Fsp3) is 1.00. The number of rotatable bonds is 1. The van der Waals surface area contributed by atoms with Crippen LogP contribution in [0.15, 0.2) is 0 Å². The molecule has 0 aromatic heterocycles. The van der Waals surface area contributed by atoms with Gasteiger partial charge in [0.25, 0.3) is 0 Å². The first-order valence-electron chi connectivity index (χ1n) is 2.36. The van der Waals surface area contributed by atoms with E-state index in [0.29, 0.717) is 0 Å². The third-order valence-electron chi connectivity index (χ3n) is 0.949. The first-order chi connectivity index (χ1) is 2.56. The summed E-state index contributed by atoms with van der Waals surface area (Å²) < 4.78 is 0. The predicted octanol–water partition coefficient (Wildman–Crippen LogP) is -1.08. The second-order valence-electron chi connectivity index (χ2n) is 2.61. The van der Waals surface area contributed by atoms with Gasteiger partial charge in [-0.1, -0.05) is 0 Å². The summed E-state index contributed by atoms with van der Waals surface area (Å²) in [5, 5.41) is 0. The van der Waals surface area contributed by atoms with Crippen molar-refractivity contribution in [3.8, 4) is 0 Å². The zero-order chi connectivity index (χ0) is 5.21. The maximum atomic E-state index is 2.35. The minimum Gasteiger partial charge on any atom is -1.00 e. The molecule has 0 atom stereocenters. The Morgan fingerprint density at radius 1 is 1.14 bits per heavy atom. The first-order valence-corrected chi connectivity index (χ1v) is 5.68. The van der Waals surface area contributed by atoms with Gasteiger partial charge in [-0.25, -0.2) is 0 Å². The summed E-state index contributed by atoms with van der Waals surface area (Å²) in [4.78, 5) is 0. The van der Waals surface area contributed by atoms with Crippen molar-refractivity contribution in [1.29, 1.82) is 0 Å². The van der Waals surface area contributed by atoms with E-state index in [1.165, 1.54) is 6.16 Å². The molecule has 0 aromatic rings. The third-order valence-corrected chi connectivity index (χ3v) is 2.85. The Morgan fingerprint density at radius 2 is 1.29 bits per heavy atom. The molecule has 0 bridgehead atoms. The van der Waals surface area contributed by atoms with E-state index in [1.54, 1.807) is 0 Å². The molecule has 0 fully saturated rings. The summed E-state index contributed by atoms with van der Waals surface area (Å²) in [6.07, 6.45) is 1.38. The molecule has 0 saturated heterocycles. The largest absolute Gasteiger partial charge is 1.00 e. The Bertz CT molecular complexity index is 37.8. The summed E-state index contributed by atoms with van der Waals surface area (Å²) in [6, 6.07) is 0. The van der Waals surface area contributed by atoms with Crippen molar-refractivity contribution < 1.29 is 12.4 Å². The van der Waals surface area contributed by atoms with Crippen LogP contribution in [0.25, 0.3) is 0 Å². The van der Waals surface area contributed by atoms with Crippen molar-refractivity contribution in [2.24, 2.45) is 0 Å². The van der Waals surface area contributed by atoms with Crippen molar-refractivity contribution >= 4 is 7.26 Å². The van der Waals surface area contributed by atoms with Crippen LogP contribution in [-0.4, -0.2) is 26.2 Å². The maximum absolute atomic E-state index is 2.35. The highest BCUT2D eigenvalue weighted by molar-refractivity contribution is 7.73. The lowest BCUT2D eigenvalue weighted by molar-refractivity contribution is -0.00000166. The fourth-order valence-corrected chi connectivity index (χ4v) is 0. The molecule has 0 aliphatic carbocycles. The molecular formula is C5H14ClP. The Hall–Kier alpha value is 0.720. The van der Waals surface area contributed by atoms with E-state index in [4.69, 9.17) is 0 Å². The molecular weight excluding hydrogens is 126 g/mol. The Labute approximate surface area is 53.4 Å². The summed E-state index contributed by atoms with van der Waals surface area (Å²) in [6.45, 7) is 9.32. The van der Waals surface area contributed by atoms with Gasteiger partial charge in [0, 0.05) is 27.3 Å². The summed E-state index contributed by atoms with van der Waals surface area (Å²) in [5.41, 5.74) is 0. The minimum atomic E-state index is -0.397. The molecule has 0 aromatic carbocycles.